The van der Waals surface area contributed by atoms with Crippen molar-refractivity contribution in [1.82, 2.24) is 9.80 Å². The molecule has 2 N–H and O–H groups in total. The lowest BCUT2D eigenvalue weighted by atomic mass is 10.0. The molecule has 0 aliphatic carbocycles. The van der Waals surface area contributed by atoms with Gasteiger partial charge in [-0.25, -0.2) is 0 Å². The highest BCUT2D eigenvalue weighted by Gasteiger charge is 2.30. The number of benzene rings is 1. The second-order valence-corrected chi connectivity index (χ2v) is 7.56. The van der Waals surface area contributed by atoms with Crippen LogP contribution in [0.1, 0.15) is 31.7 Å². The van der Waals surface area contributed by atoms with E-state index >= 15 is 0 Å². The fourth-order valence-electron chi connectivity index (χ4n) is 3.33. The molecular weight excluding hydrogens is 318 g/mol. The summed E-state index contributed by atoms with van der Waals surface area (Å²) in [5.41, 5.74) is 7.44. The monoisotopic (exact) mass is 349 g/mol. The molecule has 0 bridgehead atoms. The van der Waals surface area contributed by atoms with E-state index in [1.165, 1.54) is 5.56 Å². The normalized spacial score (nSPS) is 20.1. The molecule has 1 saturated heterocycles. The Hall–Kier alpha value is -1.04. The summed E-state index contributed by atoms with van der Waals surface area (Å²) in [6.45, 7) is 5.71. The van der Waals surface area contributed by atoms with Crippen LogP contribution in [-0.4, -0.2) is 59.4 Å². The summed E-state index contributed by atoms with van der Waals surface area (Å²) in [5, 5.41) is 0. The van der Waals surface area contributed by atoms with Crippen LogP contribution in [0, 0.1) is 0 Å². The predicted octanol–water partition coefficient (Wildman–Crippen LogP) is 2.58. The Morgan fingerprint density at radius 2 is 2.08 bits per heavy atom. The Morgan fingerprint density at radius 1 is 1.33 bits per heavy atom. The third-order valence-corrected chi connectivity index (χ3v) is 5.36. The molecule has 2 rings (SSSR count). The first-order chi connectivity index (χ1) is 11.7. The van der Waals surface area contributed by atoms with E-state index < -0.39 is 0 Å². The Morgan fingerprint density at radius 3 is 2.75 bits per heavy atom. The molecule has 1 aliphatic heterocycles. The molecule has 134 valence electrons. The Kier molecular flexibility index (Phi) is 8.09. The quantitative estimate of drug-likeness (QED) is 0.784. The zero-order valence-electron chi connectivity index (χ0n) is 15.0. The highest BCUT2D eigenvalue weighted by Crippen LogP contribution is 2.18. The van der Waals surface area contributed by atoms with Crippen LogP contribution in [0.2, 0.25) is 0 Å². The number of carbonyl (C=O) groups excluding carboxylic acids is 1. The topological polar surface area (TPSA) is 49.6 Å². The van der Waals surface area contributed by atoms with Gasteiger partial charge in [0.05, 0.1) is 6.04 Å². The first kappa shape index (κ1) is 19.3. The zero-order chi connectivity index (χ0) is 17.4. The molecule has 24 heavy (non-hydrogen) atoms. The Balaban J connectivity index is 1.95. The summed E-state index contributed by atoms with van der Waals surface area (Å²) >= 11 is 1.75. The fourth-order valence-corrected chi connectivity index (χ4v) is 3.82. The zero-order valence-corrected chi connectivity index (χ0v) is 15.8. The maximum Gasteiger partial charge on any atom is 0.239 e. The second-order valence-electron chi connectivity index (χ2n) is 6.57. The minimum absolute atomic E-state index is 0.129. The molecular formula is C19H31N3OS. The summed E-state index contributed by atoms with van der Waals surface area (Å²) in [6, 6.07) is 10.7. The number of hydrogen-bond donors (Lipinski definition) is 1. The maximum atomic E-state index is 12.6. The van der Waals surface area contributed by atoms with Crippen LogP contribution < -0.4 is 5.73 Å². The molecule has 2 atom stereocenters. The van der Waals surface area contributed by atoms with E-state index in [0.717, 1.165) is 51.2 Å². The number of piperazine rings is 1. The second kappa shape index (κ2) is 10.1. The molecule has 1 amide bonds. The molecule has 0 radical (unpaired) electrons. The summed E-state index contributed by atoms with van der Waals surface area (Å²) in [5.74, 6) is 1.07. The van der Waals surface area contributed by atoms with E-state index in [9.17, 15) is 4.79 Å². The van der Waals surface area contributed by atoms with Crippen molar-refractivity contribution in [2.75, 3.05) is 31.6 Å². The highest BCUT2D eigenvalue weighted by atomic mass is 32.2. The van der Waals surface area contributed by atoms with E-state index in [1.807, 2.05) is 4.90 Å². The van der Waals surface area contributed by atoms with Crippen molar-refractivity contribution in [3.63, 3.8) is 0 Å². The van der Waals surface area contributed by atoms with Crippen molar-refractivity contribution < 1.29 is 4.79 Å². The van der Waals surface area contributed by atoms with Crippen LogP contribution in [0.25, 0.3) is 0 Å². The van der Waals surface area contributed by atoms with Crippen LogP contribution in [0.5, 0.6) is 0 Å². The van der Waals surface area contributed by atoms with E-state index in [-0.39, 0.29) is 11.9 Å². The molecule has 5 heteroatoms. The van der Waals surface area contributed by atoms with Gasteiger partial charge < -0.3 is 10.6 Å². The van der Waals surface area contributed by atoms with Crippen LogP contribution >= 0.6 is 11.8 Å². The Labute approximate surface area is 150 Å². The van der Waals surface area contributed by atoms with Gasteiger partial charge in [-0.05, 0) is 30.4 Å². The van der Waals surface area contributed by atoms with Gasteiger partial charge in [0, 0.05) is 32.2 Å². The summed E-state index contributed by atoms with van der Waals surface area (Å²) in [6.07, 6.45) is 5.08. The minimum Gasteiger partial charge on any atom is -0.338 e. The minimum atomic E-state index is -0.347. The van der Waals surface area contributed by atoms with Gasteiger partial charge in [0.15, 0.2) is 0 Å². The molecule has 0 aromatic heterocycles. The molecule has 4 nitrogen and oxygen atoms in total. The van der Waals surface area contributed by atoms with E-state index in [0.29, 0.717) is 6.04 Å². The lowest BCUT2D eigenvalue weighted by Crippen LogP contribution is -2.57. The number of hydrogen-bond acceptors (Lipinski definition) is 4. The van der Waals surface area contributed by atoms with Gasteiger partial charge in [-0.15, -0.1) is 0 Å². The van der Waals surface area contributed by atoms with E-state index in [1.54, 1.807) is 11.8 Å². The number of thioether (sulfide) groups is 1. The van der Waals surface area contributed by atoms with Gasteiger partial charge in [-0.1, -0.05) is 43.7 Å². The van der Waals surface area contributed by atoms with Crippen LogP contribution in [0.3, 0.4) is 0 Å². The van der Waals surface area contributed by atoms with E-state index in [4.69, 9.17) is 5.73 Å². The number of amides is 1. The van der Waals surface area contributed by atoms with Crippen LogP contribution in [0.15, 0.2) is 30.3 Å². The molecule has 0 saturated carbocycles. The third kappa shape index (κ3) is 5.50. The molecule has 1 fully saturated rings. The number of nitrogens with zero attached hydrogens (tertiary/aromatic N) is 2. The third-order valence-electron chi connectivity index (χ3n) is 4.72. The van der Waals surface area contributed by atoms with Crippen molar-refractivity contribution in [3.05, 3.63) is 35.9 Å². The number of nitrogens with two attached hydrogens (primary N) is 1. The van der Waals surface area contributed by atoms with Crippen molar-refractivity contribution in [2.24, 2.45) is 5.73 Å². The largest absolute Gasteiger partial charge is 0.338 e. The average Bonchev–Trinajstić information content (AvgIpc) is 2.61. The van der Waals surface area contributed by atoms with Crippen molar-refractivity contribution in [1.29, 1.82) is 0 Å². The highest BCUT2D eigenvalue weighted by molar-refractivity contribution is 7.98. The van der Waals surface area contributed by atoms with Gasteiger partial charge in [-0.3, -0.25) is 9.69 Å². The maximum absolute atomic E-state index is 12.6. The van der Waals surface area contributed by atoms with Gasteiger partial charge in [0.25, 0.3) is 0 Å². The Bertz CT molecular complexity index is 497. The molecule has 0 spiro atoms. The first-order valence-corrected chi connectivity index (χ1v) is 10.4. The van der Waals surface area contributed by atoms with Crippen molar-refractivity contribution in [3.8, 4) is 0 Å². The molecule has 1 aliphatic rings. The van der Waals surface area contributed by atoms with Gasteiger partial charge >= 0.3 is 0 Å². The standard InChI is InChI=1S/C19H31N3OS/c1-3-7-17-15-22(19(23)18(20)10-13-24-2)12-11-21(17)14-16-8-5-4-6-9-16/h4-6,8-9,17-18H,3,7,10-15,20H2,1-2H3. The fraction of sp³-hybridized carbons (Fsp3) is 0.632. The molecule has 1 aromatic rings. The van der Waals surface area contributed by atoms with Gasteiger partial charge in [0.1, 0.15) is 0 Å². The van der Waals surface area contributed by atoms with Gasteiger partial charge in [-0.2, -0.15) is 11.8 Å². The van der Waals surface area contributed by atoms with Crippen molar-refractivity contribution in [2.45, 2.75) is 44.8 Å². The summed E-state index contributed by atoms with van der Waals surface area (Å²) in [7, 11) is 0. The molecule has 2 unspecified atom stereocenters. The van der Waals surface area contributed by atoms with Crippen LogP contribution in [0.4, 0.5) is 0 Å². The summed E-state index contributed by atoms with van der Waals surface area (Å²) in [4.78, 5) is 17.1. The number of carbonyl (C=O) groups is 1. The lowest BCUT2D eigenvalue weighted by molar-refractivity contribution is -0.135. The molecule has 1 heterocycles. The molecule has 1 aromatic carbocycles. The predicted molar refractivity (Wildman–Crippen MR) is 103 cm³/mol. The van der Waals surface area contributed by atoms with E-state index in [2.05, 4.69) is 48.4 Å². The summed E-state index contributed by atoms with van der Waals surface area (Å²) < 4.78 is 0. The lowest BCUT2D eigenvalue weighted by Gasteiger charge is -2.42. The first-order valence-electron chi connectivity index (χ1n) is 8.97. The number of rotatable bonds is 8. The van der Waals surface area contributed by atoms with Crippen LogP contribution in [-0.2, 0) is 11.3 Å². The van der Waals surface area contributed by atoms with Crippen molar-refractivity contribution >= 4 is 17.7 Å². The average molecular weight is 350 g/mol. The van der Waals surface area contributed by atoms with Gasteiger partial charge in [0.2, 0.25) is 5.91 Å². The smallest absolute Gasteiger partial charge is 0.239 e. The SMILES string of the molecule is CCCC1CN(C(=O)C(N)CCSC)CCN1Cc1ccccc1.